The summed E-state index contributed by atoms with van der Waals surface area (Å²) in [5.41, 5.74) is 1.30. The number of benzene rings is 3. The molecule has 0 saturated heterocycles. The minimum Gasteiger partial charge on any atom is -0.494 e. The summed E-state index contributed by atoms with van der Waals surface area (Å²) in [7, 11) is -4.15. The Morgan fingerprint density at radius 1 is 1.03 bits per heavy atom. The van der Waals surface area contributed by atoms with Crippen LogP contribution in [0.3, 0.4) is 0 Å². The molecule has 172 valence electrons. The van der Waals surface area contributed by atoms with Crippen LogP contribution < -0.4 is 14.8 Å². The molecule has 3 aromatic rings. The second-order valence-electron chi connectivity index (χ2n) is 6.87. The van der Waals surface area contributed by atoms with E-state index in [1.807, 2.05) is 6.92 Å². The molecule has 1 amide bonds. The number of nitrogens with one attached hydrogen (secondary N) is 2. The number of nitroso groups, excluding NO2 is 1. The van der Waals surface area contributed by atoms with Gasteiger partial charge < -0.3 is 10.1 Å². The summed E-state index contributed by atoms with van der Waals surface area (Å²) in [6.07, 6.45) is 0. The molecule has 0 spiro atoms. The SMILES string of the molecule is CCOc1ccc(NS(=O)(=O)c2cc(C(=O)Nc3cc(N=O)ccc3C)c(Cl)cc2Cl)cc1. The molecule has 0 fully saturated rings. The summed E-state index contributed by atoms with van der Waals surface area (Å²) < 4.78 is 33.7. The topological polar surface area (TPSA) is 114 Å². The molecule has 0 heterocycles. The minimum atomic E-state index is -4.15. The molecule has 0 aliphatic heterocycles. The molecule has 0 unspecified atom stereocenters. The van der Waals surface area contributed by atoms with Crippen LogP contribution in [0.25, 0.3) is 0 Å². The van der Waals surface area contributed by atoms with Crippen molar-refractivity contribution in [2.75, 3.05) is 16.6 Å². The molecule has 2 N–H and O–H groups in total. The van der Waals surface area contributed by atoms with Crippen molar-refractivity contribution in [3.05, 3.63) is 80.7 Å². The fourth-order valence-electron chi connectivity index (χ4n) is 2.90. The standard InChI is InChI=1S/C22H19Cl2N3O5S/c1-3-32-16-8-6-14(7-9-16)27-33(30,31)21-11-17(18(23)12-19(21)24)22(28)25-20-10-15(26-29)5-4-13(20)2/h4-12,27H,3H2,1-2H3,(H,25,28). The summed E-state index contributed by atoms with van der Waals surface area (Å²) in [5.74, 6) is -0.0894. The normalized spacial score (nSPS) is 11.0. The molecule has 11 heteroatoms. The van der Waals surface area contributed by atoms with Gasteiger partial charge in [-0.25, -0.2) is 8.42 Å². The lowest BCUT2D eigenvalue weighted by Crippen LogP contribution is -2.17. The van der Waals surface area contributed by atoms with Gasteiger partial charge in [0.15, 0.2) is 0 Å². The Morgan fingerprint density at radius 2 is 1.73 bits per heavy atom. The monoisotopic (exact) mass is 507 g/mol. The quantitative estimate of drug-likeness (QED) is 0.354. The van der Waals surface area contributed by atoms with Gasteiger partial charge in [0.1, 0.15) is 16.3 Å². The van der Waals surface area contributed by atoms with Crippen molar-refractivity contribution in [2.24, 2.45) is 5.18 Å². The molecule has 0 aromatic heterocycles. The number of hydrogen-bond donors (Lipinski definition) is 2. The third kappa shape index (κ3) is 5.81. The molecule has 0 radical (unpaired) electrons. The second-order valence-corrected chi connectivity index (χ2v) is 9.34. The highest BCUT2D eigenvalue weighted by atomic mass is 35.5. The summed E-state index contributed by atoms with van der Waals surface area (Å²) in [4.78, 5) is 23.3. The third-order valence-corrected chi connectivity index (χ3v) is 6.71. The number of carbonyl (C=O) groups excluding carboxylic acids is 1. The van der Waals surface area contributed by atoms with Crippen LogP contribution in [0, 0.1) is 11.8 Å². The van der Waals surface area contributed by atoms with Crippen LogP contribution in [0.2, 0.25) is 10.0 Å². The van der Waals surface area contributed by atoms with Gasteiger partial charge in [-0.3, -0.25) is 9.52 Å². The van der Waals surface area contributed by atoms with Crippen LogP contribution in [0.15, 0.2) is 64.7 Å². The molecule has 0 aliphatic rings. The van der Waals surface area contributed by atoms with Gasteiger partial charge in [-0.2, -0.15) is 0 Å². The van der Waals surface area contributed by atoms with Crippen molar-refractivity contribution in [1.29, 1.82) is 0 Å². The number of aryl methyl sites for hydroxylation is 1. The highest BCUT2D eigenvalue weighted by Gasteiger charge is 2.23. The predicted molar refractivity (Wildman–Crippen MR) is 129 cm³/mol. The fourth-order valence-corrected chi connectivity index (χ4v) is 4.81. The summed E-state index contributed by atoms with van der Waals surface area (Å²) in [6, 6.07) is 13.1. The lowest BCUT2D eigenvalue weighted by Gasteiger charge is -2.14. The maximum atomic E-state index is 13.0. The average Bonchev–Trinajstić information content (AvgIpc) is 2.76. The number of anilines is 2. The highest BCUT2D eigenvalue weighted by molar-refractivity contribution is 7.92. The molecular weight excluding hydrogens is 489 g/mol. The van der Waals surface area contributed by atoms with Gasteiger partial charge in [0, 0.05) is 11.4 Å². The van der Waals surface area contributed by atoms with E-state index in [2.05, 4.69) is 15.2 Å². The van der Waals surface area contributed by atoms with Gasteiger partial charge in [0.25, 0.3) is 15.9 Å². The van der Waals surface area contributed by atoms with Crippen LogP contribution in [-0.4, -0.2) is 20.9 Å². The molecule has 0 bridgehead atoms. The summed E-state index contributed by atoms with van der Waals surface area (Å²) >= 11 is 12.3. The van der Waals surface area contributed by atoms with E-state index in [9.17, 15) is 18.1 Å². The van der Waals surface area contributed by atoms with Gasteiger partial charge in [0.2, 0.25) is 0 Å². The Morgan fingerprint density at radius 3 is 2.36 bits per heavy atom. The average molecular weight is 508 g/mol. The summed E-state index contributed by atoms with van der Waals surface area (Å²) in [5, 5.41) is 5.26. The van der Waals surface area contributed by atoms with Crippen LogP contribution >= 0.6 is 23.2 Å². The first-order chi connectivity index (χ1) is 15.6. The zero-order valence-electron chi connectivity index (χ0n) is 17.6. The van der Waals surface area contributed by atoms with Crippen molar-refractivity contribution < 1.29 is 17.9 Å². The Hall–Kier alpha value is -3.14. The zero-order chi connectivity index (χ0) is 24.2. The van der Waals surface area contributed by atoms with E-state index in [0.717, 1.165) is 6.07 Å². The molecule has 0 saturated carbocycles. The van der Waals surface area contributed by atoms with Crippen molar-refractivity contribution in [3.8, 4) is 5.75 Å². The predicted octanol–water partition coefficient (Wildman–Crippen LogP) is 6.15. The van der Waals surface area contributed by atoms with Crippen molar-refractivity contribution >= 4 is 56.2 Å². The molecule has 0 atom stereocenters. The van der Waals surface area contributed by atoms with E-state index in [4.69, 9.17) is 27.9 Å². The Bertz CT molecular complexity index is 1310. The van der Waals surface area contributed by atoms with Gasteiger partial charge in [-0.05, 0) is 73.1 Å². The van der Waals surface area contributed by atoms with E-state index in [1.165, 1.54) is 30.3 Å². The van der Waals surface area contributed by atoms with Gasteiger partial charge >= 0.3 is 0 Å². The maximum Gasteiger partial charge on any atom is 0.263 e. The lowest BCUT2D eigenvalue weighted by molar-refractivity contribution is 0.102. The molecule has 0 aliphatic carbocycles. The third-order valence-electron chi connectivity index (χ3n) is 4.55. The first-order valence-corrected chi connectivity index (χ1v) is 11.9. The minimum absolute atomic E-state index is 0.0418. The Kier molecular flexibility index (Phi) is 7.57. The van der Waals surface area contributed by atoms with Crippen molar-refractivity contribution in [3.63, 3.8) is 0 Å². The Balaban J connectivity index is 1.91. The number of rotatable bonds is 8. The number of nitrogens with zero attached hydrogens (tertiary/aromatic N) is 1. The number of carbonyl (C=O) groups is 1. The number of sulfonamides is 1. The van der Waals surface area contributed by atoms with Gasteiger partial charge in [-0.15, -0.1) is 4.91 Å². The largest absolute Gasteiger partial charge is 0.494 e. The zero-order valence-corrected chi connectivity index (χ0v) is 19.9. The van der Waals surface area contributed by atoms with Crippen molar-refractivity contribution in [1.82, 2.24) is 0 Å². The number of ether oxygens (including phenoxy) is 1. The first-order valence-electron chi connectivity index (χ1n) is 9.64. The maximum absolute atomic E-state index is 13.0. The smallest absolute Gasteiger partial charge is 0.263 e. The fraction of sp³-hybridized carbons (Fsp3) is 0.136. The van der Waals surface area contributed by atoms with Crippen LogP contribution in [0.4, 0.5) is 17.1 Å². The second kappa shape index (κ2) is 10.2. The lowest BCUT2D eigenvalue weighted by atomic mass is 10.1. The number of hydrogen-bond acceptors (Lipinski definition) is 6. The summed E-state index contributed by atoms with van der Waals surface area (Å²) in [6.45, 7) is 4.04. The first kappa shape index (κ1) is 24.5. The number of amides is 1. The van der Waals surface area contributed by atoms with E-state index in [1.54, 1.807) is 25.1 Å². The van der Waals surface area contributed by atoms with E-state index in [0.29, 0.717) is 23.6 Å². The molecular formula is C22H19Cl2N3O5S. The highest BCUT2D eigenvalue weighted by Crippen LogP contribution is 2.31. The van der Waals surface area contributed by atoms with E-state index < -0.39 is 15.9 Å². The van der Waals surface area contributed by atoms with E-state index in [-0.39, 0.29) is 31.9 Å². The van der Waals surface area contributed by atoms with Crippen molar-refractivity contribution in [2.45, 2.75) is 18.7 Å². The van der Waals surface area contributed by atoms with Crippen LogP contribution in [-0.2, 0) is 10.0 Å². The van der Waals surface area contributed by atoms with Gasteiger partial charge in [-0.1, -0.05) is 29.3 Å². The number of halogens is 2. The van der Waals surface area contributed by atoms with Crippen LogP contribution in [0.1, 0.15) is 22.8 Å². The molecule has 3 aromatic carbocycles. The molecule has 8 nitrogen and oxygen atoms in total. The molecule has 3 rings (SSSR count). The Labute approximate surface area is 200 Å². The van der Waals surface area contributed by atoms with Gasteiger partial charge in [0.05, 0.1) is 22.2 Å². The molecule has 33 heavy (non-hydrogen) atoms. The van der Waals surface area contributed by atoms with E-state index >= 15 is 0 Å². The van der Waals surface area contributed by atoms with Crippen LogP contribution in [0.5, 0.6) is 5.75 Å².